The maximum Gasteiger partial charge on any atom is 0.211 e. The van der Waals surface area contributed by atoms with Crippen LogP contribution in [0, 0.1) is 5.41 Å². The van der Waals surface area contributed by atoms with Crippen LogP contribution < -0.4 is 11.1 Å². The second-order valence-corrected chi connectivity index (χ2v) is 8.20. The first-order valence-corrected chi connectivity index (χ1v) is 10.2. The number of hydrogen-bond acceptors (Lipinski definition) is 8. The van der Waals surface area contributed by atoms with E-state index in [4.69, 9.17) is 11.1 Å². The highest BCUT2D eigenvalue weighted by Crippen LogP contribution is 2.37. The van der Waals surface area contributed by atoms with Gasteiger partial charge < -0.3 is 16.5 Å². The Bertz CT molecular complexity index is 1060. The van der Waals surface area contributed by atoms with Crippen molar-refractivity contribution in [3.05, 3.63) is 40.7 Å². The van der Waals surface area contributed by atoms with Gasteiger partial charge in [-0.2, -0.15) is 0 Å². The summed E-state index contributed by atoms with van der Waals surface area (Å²) in [6.45, 7) is 3.51. The summed E-state index contributed by atoms with van der Waals surface area (Å²) in [5.41, 5.74) is 9.98. The number of nitrogens with two attached hydrogens (primary N) is 1. The first-order valence-electron chi connectivity index (χ1n) is 9.41. The van der Waals surface area contributed by atoms with E-state index in [9.17, 15) is 0 Å². The molecule has 144 valence electrons. The van der Waals surface area contributed by atoms with Gasteiger partial charge in [-0.1, -0.05) is 24.2 Å². The number of hydrogen-bond donors (Lipinski definition) is 3. The van der Waals surface area contributed by atoms with Gasteiger partial charge in [0.05, 0.1) is 11.0 Å². The standard InChI is InChI=1S/C20H23N7S/c1-11(21)18(12(2)22)14-9-16-15(23-10-14)7-8-17(24-16)25-20-27-26-19(28-20)13-5-3-4-6-13/h7-10,13,21H,3-6,22H2,1-2H3,(H,24,25,27). The average Bonchev–Trinajstić information content (AvgIpc) is 3.32. The molecule has 0 spiro atoms. The molecule has 1 aliphatic carbocycles. The molecule has 4 N–H and O–H groups in total. The van der Waals surface area contributed by atoms with E-state index in [2.05, 4.69) is 25.5 Å². The molecular weight excluding hydrogens is 370 g/mol. The zero-order valence-corrected chi connectivity index (χ0v) is 16.8. The highest BCUT2D eigenvalue weighted by molar-refractivity contribution is 7.15. The summed E-state index contributed by atoms with van der Waals surface area (Å²) in [7, 11) is 0. The van der Waals surface area contributed by atoms with Crippen molar-refractivity contribution in [2.24, 2.45) is 5.73 Å². The lowest BCUT2D eigenvalue weighted by molar-refractivity contribution is 0.705. The molecule has 4 rings (SSSR count). The lowest BCUT2D eigenvalue weighted by atomic mass is 10.0. The van der Waals surface area contributed by atoms with Gasteiger partial charge in [0.15, 0.2) is 0 Å². The van der Waals surface area contributed by atoms with Crippen LogP contribution in [0.15, 0.2) is 30.1 Å². The predicted molar refractivity (Wildman–Crippen MR) is 114 cm³/mol. The van der Waals surface area contributed by atoms with Crippen molar-refractivity contribution in [1.82, 2.24) is 20.2 Å². The highest BCUT2D eigenvalue weighted by atomic mass is 32.1. The quantitative estimate of drug-likeness (QED) is 0.545. The molecule has 0 aliphatic heterocycles. The SMILES string of the molecule is CC(=N)C(=C(C)N)c1cnc2ccc(Nc3nnc(C4CCCC4)s3)nc2c1. The zero-order valence-electron chi connectivity index (χ0n) is 16.0. The molecule has 1 saturated carbocycles. The minimum atomic E-state index is 0.406. The fourth-order valence-corrected chi connectivity index (χ4v) is 4.60. The largest absolute Gasteiger partial charge is 0.402 e. The number of rotatable bonds is 5. The first kappa shape index (κ1) is 18.5. The fourth-order valence-electron chi connectivity index (χ4n) is 3.69. The Labute approximate surface area is 167 Å². The van der Waals surface area contributed by atoms with Crippen LogP contribution in [-0.2, 0) is 0 Å². The van der Waals surface area contributed by atoms with E-state index in [1.54, 1.807) is 31.4 Å². The lowest BCUT2D eigenvalue weighted by Gasteiger charge is -2.09. The molecule has 3 aromatic rings. The third-order valence-electron chi connectivity index (χ3n) is 4.98. The van der Waals surface area contributed by atoms with E-state index in [1.165, 1.54) is 25.7 Å². The normalized spacial score (nSPS) is 15.6. The van der Waals surface area contributed by atoms with Crippen molar-refractivity contribution < 1.29 is 0 Å². The van der Waals surface area contributed by atoms with E-state index in [-0.39, 0.29) is 0 Å². The summed E-state index contributed by atoms with van der Waals surface area (Å²) in [5.74, 6) is 1.25. The molecule has 0 saturated heterocycles. The summed E-state index contributed by atoms with van der Waals surface area (Å²) in [6.07, 6.45) is 6.71. The molecule has 28 heavy (non-hydrogen) atoms. The van der Waals surface area contributed by atoms with Gasteiger partial charge in [-0.3, -0.25) is 4.98 Å². The summed E-state index contributed by atoms with van der Waals surface area (Å²) < 4.78 is 0. The summed E-state index contributed by atoms with van der Waals surface area (Å²) in [6, 6.07) is 5.73. The minimum Gasteiger partial charge on any atom is -0.402 e. The van der Waals surface area contributed by atoms with Gasteiger partial charge in [0.25, 0.3) is 0 Å². The molecule has 0 aromatic carbocycles. The van der Waals surface area contributed by atoms with Gasteiger partial charge in [0, 0.05) is 34.7 Å². The maximum atomic E-state index is 7.98. The third-order valence-corrected chi connectivity index (χ3v) is 5.98. The molecule has 3 heterocycles. The monoisotopic (exact) mass is 393 g/mol. The number of allylic oxidation sites excluding steroid dienone is 2. The van der Waals surface area contributed by atoms with Crippen LogP contribution in [0.3, 0.4) is 0 Å². The van der Waals surface area contributed by atoms with Crippen LogP contribution in [-0.4, -0.2) is 25.9 Å². The number of nitrogens with zero attached hydrogens (tertiary/aromatic N) is 4. The number of nitrogens with one attached hydrogen (secondary N) is 2. The second kappa shape index (κ2) is 7.63. The van der Waals surface area contributed by atoms with E-state index in [0.717, 1.165) is 26.7 Å². The van der Waals surface area contributed by atoms with Crippen molar-refractivity contribution in [2.45, 2.75) is 45.4 Å². The second-order valence-electron chi connectivity index (χ2n) is 7.19. The van der Waals surface area contributed by atoms with E-state index in [0.29, 0.717) is 28.7 Å². The van der Waals surface area contributed by atoms with Crippen LogP contribution in [0.1, 0.15) is 56.0 Å². The van der Waals surface area contributed by atoms with Crippen molar-refractivity contribution in [2.75, 3.05) is 5.32 Å². The average molecular weight is 394 g/mol. The molecule has 0 bridgehead atoms. The molecule has 1 aliphatic rings. The summed E-state index contributed by atoms with van der Waals surface area (Å²) >= 11 is 1.61. The first-order chi connectivity index (χ1) is 13.5. The van der Waals surface area contributed by atoms with Crippen molar-refractivity contribution in [3.63, 3.8) is 0 Å². The molecular formula is C20H23N7S. The number of pyridine rings is 2. The van der Waals surface area contributed by atoms with Gasteiger partial charge in [0.2, 0.25) is 5.13 Å². The molecule has 0 atom stereocenters. The molecule has 1 fully saturated rings. The van der Waals surface area contributed by atoms with Crippen molar-refractivity contribution in [1.29, 1.82) is 5.41 Å². The highest BCUT2D eigenvalue weighted by Gasteiger charge is 2.21. The van der Waals surface area contributed by atoms with Crippen LogP contribution in [0.25, 0.3) is 16.6 Å². The van der Waals surface area contributed by atoms with E-state index in [1.807, 2.05) is 18.2 Å². The van der Waals surface area contributed by atoms with Crippen molar-refractivity contribution in [3.8, 4) is 0 Å². The molecule has 8 heteroatoms. The zero-order chi connectivity index (χ0) is 19.7. The van der Waals surface area contributed by atoms with Gasteiger partial charge in [-0.25, -0.2) is 4.98 Å². The molecule has 0 radical (unpaired) electrons. The van der Waals surface area contributed by atoms with Gasteiger partial charge in [0.1, 0.15) is 10.8 Å². The van der Waals surface area contributed by atoms with Gasteiger partial charge in [-0.05, 0) is 44.9 Å². The summed E-state index contributed by atoms with van der Waals surface area (Å²) in [5, 5.41) is 21.7. The Morgan fingerprint density at radius 2 is 1.96 bits per heavy atom. The molecule has 0 amide bonds. The molecule has 3 aromatic heterocycles. The predicted octanol–water partition coefficient (Wildman–Crippen LogP) is 4.61. The summed E-state index contributed by atoms with van der Waals surface area (Å²) in [4.78, 5) is 9.14. The van der Waals surface area contributed by atoms with Crippen LogP contribution in [0.4, 0.5) is 10.9 Å². The number of anilines is 2. The van der Waals surface area contributed by atoms with Gasteiger partial charge in [-0.15, -0.1) is 10.2 Å². The Morgan fingerprint density at radius 1 is 1.18 bits per heavy atom. The van der Waals surface area contributed by atoms with Gasteiger partial charge >= 0.3 is 0 Å². The minimum absolute atomic E-state index is 0.406. The number of aromatic nitrogens is 4. The van der Waals surface area contributed by atoms with E-state index < -0.39 is 0 Å². The smallest absolute Gasteiger partial charge is 0.211 e. The Kier molecular flexibility index (Phi) is 5.04. The third kappa shape index (κ3) is 3.73. The Morgan fingerprint density at radius 3 is 2.68 bits per heavy atom. The van der Waals surface area contributed by atoms with Crippen molar-refractivity contribution >= 4 is 44.6 Å². The Balaban J connectivity index is 1.62. The number of fused-ring (bicyclic) bond motifs is 1. The van der Waals surface area contributed by atoms with Crippen LogP contribution >= 0.6 is 11.3 Å². The van der Waals surface area contributed by atoms with Crippen LogP contribution in [0.5, 0.6) is 0 Å². The Hall–Kier alpha value is -2.87. The van der Waals surface area contributed by atoms with E-state index >= 15 is 0 Å². The molecule has 0 unspecified atom stereocenters. The fraction of sp³-hybridized carbons (Fsp3) is 0.350. The maximum absolute atomic E-state index is 7.98. The topological polar surface area (TPSA) is 113 Å². The molecule has 7 nitrogen and oxygen atoms in total. The lowest BCUT2D eigenvalue weighted by Crippen LogP contribution is -2.05. The van der Waals surface area contributed by atoms with Crippen LogP contribution in [0.2, 0.25) is 0 Å².